The van der Waals surface area contributed by atoms with Crippen LogP contribution in [0.15, 0.2) is 55.1 Å². The van der Waals surface area contributed by atoms with Crippen molar-refractivity contribution in [2.75, 3.05) is 43.1 Å². The average Bonchev–Trinajstić information content (AvgIpc) is 3.40. The second kappa shape index (κ2) is 9.18. The van der Waals surface area contributed by atoms with Crippen LogP contribution in [0.2, 0.25) is 0 Å². The summed E-state index contributed by atoms with van der Waals surface area (Å²) in [6.07, 6.45) is 11.5. The number of pyridine rings is 3. The molecule has 9 nitrogen and oxygen atoms in total. The summed E-state index contributed by atoms with van der Waals surface area (Å²) in [4.78, 5) is 16.8. The van der Waals surface area contributed by atoms with Gasteiger partial charge in [0.2, 0.25) is 5.88 Å². The van der Waals surface area contributed by atoms with Crippen LogP contribution < -0.4 is 14.5 Å². The minimum absolute atomic E-state index is 0.510. The zero-order valence-electron chi connectivity index (χ0n) is 23.6. The Labute approximate surface area is 240 Å². The Hall–Kier alpha value is -4.16. The van der Waals surface area contributed by atoms with Gasteiger partial charge in [0, 0.05) is 79.8 Å². The van der Waals surface area contributed by atoms with Gasteiger partial charge in [0.05, 0.1) is 36.3 Å². The highest BCUT2D eigenvalue weighted by atomic mass is 16.5. The Morgan fingerprint density at radius 3 is 2.51 bits per heavy atom. The van der Waals surface area contributed by atoms with E-state index in [1.165, 1.54) is 24.8 Å². The number of aromatic nitrogens is 4. The summed E-state index contributed by atoms with van der Waals surface area (Å²) in [7, 11) is 1.65. The molecular formula is C32H34N8O. The second-order valence-corrected chi connectivity index (χ2v) is 12.7. The average molecular weight is 547 g/mol. The fourth-order valence-electron chi connectivity index (χ4n) is 7.91. The highest BCUT2D eigenvalue weighted by Crippen LogP contribution is 2.53. The predicted octanol–water partition coefficient (Wildman–Crippen LogP) is 4.37. The van der Waals surface area contributed by atoms with Gasteiger partial charge in [-0.15, -0.1) is 0 Å². The lowest BCUT2D eigenvalue weighted by Gasteiger charge is -2.59. The molecule has 4 aromatic rings. The highest BCUT2D eigenvalue weighted by Gasteiger charge is 2.51. The van der Waals surface area contributed by atoms with E-state index in [0.717, 1.165) is 66.8 Å². The molecule has 9 rings (SSSR count). The number of hydrogen-bond acceptors (Lipinski definition) is 8. The lowest BCUT2D eigenvalue weighted by molar-refractivity contribution is -0.00876. The molecule has 0 radical (unpaired) electrons. The van der Waals surface area contributed by atoms with Crippen molar-refractivity contribution in [2.45, 2.75) is 44.8 Å². The fraction of sp³-hybridized carbons (Fsp3) is 0.438. The maximum atomic E-state index is 9.80. The number of nitriles is 1. The van der Waals surface area contributed by atoms with Gasteiger partial charge in [-0.3, -0.25) is 4.90 Å². The van der Waals surface area contributed by atoms with Crippen LogP contribution in [0.4, 0.5) is 11.5 Å². The van der Waals surface area contributed by atoms with E-state index in [9.17, 15) is 5.26 Å². The van der Waals surface area contributed by atoms with Crippen molar-refractivity contribution in [1.82, 2.24) is 24.5 Å². The molecule has 5 aliphatic rings. The molecule has 4 aliphatic heterocycles. The van der Waals surface area contributed by atoms with Gasteiger partial charge in [-0.2, -0.15) is 10.4 Å². The smallest absolute Gasteiger partial charge is 0.212 e. The molecule has 5 fully saturated rings. The van der Waals surface area contributed by atoms with Gasteiger partial charge in [-0.1, -0.05) is 13.0 Å². The molecule has 2 bridgehead atoms. The Morgan fingerprint density at radius 2 is 1.85 bits per heavy atom. The lowest BCUT2D eigenvalue weighted by atomic mass is 9.58. The zero-order valence-corrected chi connectivity index (χ0v) is 23.6. The molecule has 1 spiro atoms. The number of piperazine rings is 1. The molecule has 2 atom stereocenters. The molecule has 0 N–H and O–H groups in total. The molecule has 2 unspecified atom stereocenters. The van der Waals surface area contributed by atoms with Crippen LogP contribution in [-0.4, -0.2) is 69.9 Å². The van der Waals surface area contributed by atoms with Crippen molar-refractivity contribution < 1.29 is 4.74 Å². The third kappa shape index (κ3) is 4.04. The van der Waals surface area contributed by atoms with Crippen LogP contribution in [0.1, 0.15) is 37.3 Å². The number of nitrogens with zero attached hydrogens (tertiary/aromatic N) is 8. The topological polar surface area (TPSA) is 85.8 Å². The van der Waals surface area contributed by atoms with E-state index in [1.807, 2.05) is 23.0 Å². The van der Waals surface area contributed by atoms with Crippen molar-refractivity contribution in [3.8, 4) is 23.1 Å². The Bertz CT molecular complexity index is 1630. The number of piperidine rings is 1. The van der Waals surface area contributed by atoms with Gasteiger partial charge in [0.15, 0.2) is 0 Å². The number of ether oxygens (including phenoxy) is 1. The van der Waals surface area contributed by atoms with Crippen molar-refractivity contribution in [1.29, 1.82) is 5.26 Å². The SMILES string of the molecule is COc1ccc(CN2C3CC2CN(c2ccc(-c4cc(N5CC6(CC(C)C6)C5)cn5ncc(C#N)c45)cn2)C3)cn1. The maximum Gasteiger partial charge on any atom is 0.212 e. The van der Waals surface area contributed by atoms with Crippen molar-refractivity contribution in [3.63, 3.8) is 0 Å². The van der Waals surface area contributed by atoms with Gasteiger partial charge in [-0.05, 0) is 48.9 Å². The van der Waals surface area contributed by atoms with Crippen LogP contribution in [0.3, 0.4) is 0 Å². The second-order valence-electron chi connectivity index (χ2n) is 12.7. The molecule has 4 saturated heterocycles. The molecule has 1 saturated carbocycles. The first-order valence-electron chi connectivity index (χ1n) is 14.6. The molecule has 1 aliphatic carbocycles. The molecule has 9 heteroatoms. The molecule has 0 amide bonds. The van der Waals surface area contributed by atoms with Crippen LogP contribution in [0.25, 0.3) is 16.6 Å². The zero-order chi connectivity index (χ0) is 27.7. The van der Waals surface area contributed by atoms with Gasteiger partial charge in [-0.25, -0.2) is 14.5 Å². The van der Waals surface area contributed by atoms with E-state index in [-0.39, 0.29) is 0 Å². The van der Waals surface area contributed by atoms with E-state index in [1.54, 1.807) is 13.3 Å². The molecule has 4 aromatic heterocycles. The Kier molecular flexibility index (Phi) is 5.51. The van der Waals surface area contributed by atoms with Crippen molar-refractivity contribution in [2.24, 2.45) is 11.3 Å². The summed E-state index contributed by atoms with van der Waals surface area (Å²) in [6, 6.07) is 13.9. The monoisotopic (exact) mass is 546 g/mol. The van der Waals surface area contributed by atoms with Gasteiger partial charge in [0.25, 0.3) is 0 Å². The van der Waals surface area contributed by atoms with Crippen molar-refractivity contribution in [3.05, 3.63) is 66.2 Å². The lowest BCUT2D eigenvalue weighted by Crippen LogP contribution is -2.68. The quantitative estimate of drug-likeness (QED) is 0.353. The normalized spacial score (nSPS) is 23.1. The summed E-state index contributed by atoms with van der Waals surface area (Å²) in [6.45, 7) is 7.43. The van der Waals surface area contributed by atoms with E-state index in [4.69, 9.17) is 9.72 Å². The summed E-state index contributed by atoms with van der Waals surface area (Å²) in [5, 5.41) is 14.3. The Morgan fingerprint density at radius 1 is 1.02 bits per heavy atom. The number of methoxy groups -OCH3 is 1. The summed E-state index contributed by atoms with van der Waals surface area (Å²) >= 11 is 0. The van der Waals surface area contributed by atoms with Crippen LogP contribution in [0, 0.1) is 22.7 Å². The first-order valence-corrected chi connectivity index (χ1v) is 14.6. The highest BCUT2D eigenvalue weighted by molar-refractivity contribution is 5.86. The third-order valence-corrected chi connectivity index (χ3v) is 9.80. The van der Waals surface area contributed by atoms with E-state index in [0.29, 0.717) is 28.9 Å². The van der Waals surface area contributed by atoms with E-state index < -0.39 is 0 Å². The van der Waals surface area contributed by atoms with E-state index in [2.05, 4.69) is 68.2 Å². The number of fused-ring (bicyclic) bond motifs is 3. The minimum atomic E-state index is 0.510. The predicted molar refractivity (Wildman–Crippen MR) is 157 cm³/mol. The van der Waals surface area contributed by atoms with E-state index >= 15 is 0 Å². The van der Waals surface area contributed by atoms with Crippen molar-refractivity contribution >= 4 is 17.0 Å². The number of hydrogen-bond donors (Lipinski definition) is 0. The van der Waals surface area contributed by atoms with Gasteiger partial charge < -0.3 is 14.5 Å². The number of anilines is 2. The summed E-state index contributed by atoms with van der Waals surface area (Å²) in [5.41, 5.74) is 6.36. The minimum Gasteiger partial charge on any atom is -0.481 e. The standard InChI is InChI=1S/C32H34N8O/c1-21-9-32(10-21)19-38(20-32)25-8-28(31-24(11-33)14-36-40(31)18-25)23-4-5-29(34-13-23)37-16-26-7-27(17-37)39(26)15-22-3-6-30(41-2)35-12-22/h3-6,8,12-14,18,21,26-27H,7,9-10,15-17,19-20H2,1-2H3. The summed E-state index contributed by atoms with van der Waals surface area (Å²) in [5.74, 6) is 2.52. The molecule has 8 heterocycles. The van der Waals surface area contributed by atoms with Crippen LogP contribution >= 0.6 is 0 Å². The first kappa shape index (κ1) is 24.6. The fourth-order valence-corrected chi connectivity index (χ4v) is 7.91. The molecule has 41 heavy (non-hydrogen) atoms. The first-order chi connectivity index (χ1) is 20.0. The molecule has 0 aromatic carbocycles. The third-order valence-electron chi connectivity index (χ3n) is 9.80. The largest absolute Gasteiger partial charge is 0.481 e. The Balaban J connectivity index is 1.00. The number of rotatable bonds is 6. The molecule has 208 valence electrons. The van der Waals surface area contributed by atoms with Crippen LogP contribution in [-0.2, 0) is 6.54 Å². The van der Waals surface area contributed by atoms with Gasteiger partial charge in [0.1, 0.15) is 11.9 Å². The summed E-state index contributed by atoms with van der Waals surface area (Å²) < 4.78 is 7.07. The molecular weight excluding hydrogens is 512 g/mol. The van der Waals surface area contributed by atoms with Gasteiger partial charge >= 0.3 is 0 Å². The maximum absolute atomic E-state index is 9.80. The van der Waals surface area contributed by atoms with Crippen LogP contribution in [0.5, 0.6) is 5.88 Å².